The number of ether oxygens (including phenoxy) is 1. The summed E-state index contributed by atoms with van der Waals surface area (Å²) in [4.78, 5) is 15.0. The topological polar surface area (TPSA) is 87.7 Å². The molecule has 29 heavy (non-hydrogen) atoms. The Hall–Kier alpha value is -2.58. The third kappa shape index (κ3) is 5.07. The number of sulfonamides is 1. The molecule has 7 nitrogen and oxygen atoms in total. The average molecular weight is 416 g/mol. The molecule has 3 heterocycles. The fraction of sp³-hybridized carbons (Fsp3) is 0.381. The molecule has 1 atom stereocenters. The number of nitrogens with one attached hydrogen (secondary N) is 2. The lowest BCUT2D eigenvalue weighted by Crippen LogP contribution is -2.57. The Bertz CT molecular complexity index is 983. The van der Waals surface area contributed by atoms with Gasteiger partial charge in [0.15, 0.2) is 0 Å². The third-order valence-corrected chi connectivity index (χ3v) is 6.07. The third-order valence-electron chi connectivity index (χ3n) is 5.46. The second-order valence-corrected chi connectivity index (χ2v) is 9.49. The Morgan fingerprint density at radius 3 is 2.41 bits per heavy atom. The van der Waals surface area contributed by atoms with E-state index in [0.29, 0.717) is 28.7 Å². The lowest BCUT2D eigenvalue weighted by atomic mass is 9.84. The molecule has 2 aromatic carbocycles. The van der Waals surface area contributed by atoms with Crippen LogP contribution in [0.3, 0.4) is 0 Å². The number of anilines is 1. The number of carbonyl (C=O) groups excluding carboxylic acids is 1. The van der Waals surface area contributed by atoms with Gasteiger partial charge in [0.1, 0.15) is 11.5 Å². The molecule has 1 unspecified atom stereocenters. The van der Waals surface area contributed by atoms with Crippen molar-refractivity contribution in [1.82, 2.24) is 10.2 Å². The van der Waals surface area contributed by atoms with Gasteiger partial charge in [0, 0.05) is 24.2 Å². The van der Waals surface area contributed by atoms with Crippen LogP contribution in [0.1, 0.15) is 23.2 Å². The SMILES string of the molecule is CS(=O)(=O)Nc1cccc(Oc2ccc(C(=O)NC3CN4CCC3CC4)cc2)c1. The highest BCUT2D eigenvalue weighted by molar-refractivity contribution is 7.92. The van der Waals surface area contributed by atoms with Crippen molar-refractivity contribution in [2.24, 2.45) is 5.92 Å². The molecule has 1 amide bonds. The minimum Gasteiger partial charge on any atom is -0.457 e. The monoisotopic (exact) mass is 415 g/mol. The van der Waals surface area contributed by atoms with Crippen molar-refractivity contribution in [2.45, 2.75) is 18.9 Å². The molecule has 0 radical (unpaired) electrons. The highest BCUT2D eigenvalue weighted by Gasteiger charge is 2.34. The summed E-state index contributed by atoms with van der Waals surface area (Å²) in [7, 11) is -3.35. The molecule has 3 fully saturated rings. The number of piperidine rings is 3. The smallest absolute Gasteiger partial charge is 0.251 e. The number of rotatable bonds is 6. The van der Waals surface area contributed by atoms with Crippen LogP contribution in [-0.2, 0) is 10.0 Å². The molecule has 0 aromatic heterocycles. The highest BCUT2D eigenvalue weighted by atomic mass is 32.2. The summed E-state index contributed by atoms with van der Waals surface area (Å²) < 4.78 is 30.9. The van der Waals surface area contributed by atoms with Crippen molar-refractivity contribution >= 4 is 21.6 Å². The molecule has 2 N–H and O–H groups in total. The van der Waals surface area contributed by atoms with E-state index >= 15 is 0 Å². The normalized spacial score (nSPS) is 23.4. The van der Waals surface area contributed by atoms with Crippen LogP contribution in [0, 0.1) is 5.92 Å². The van der Waals surface area contributed by atoms with Crippen LogP contribution in [0.15, 0.2) is 48.5 Å². The Balaban J connectivity index is 1.38. The van der Waals surface area contributed by atoms with E-state index in [0.717, 1.165) is 38.7 Å². The second-order valence-electron chi connectivity index (χ2n) is 7.75. The number of nitrogens with zero attached hydrogens (tertiary/aromatic N) is 1. The summed E-state index contributed by atoms with van der Waals surface area (Å²) in [5, 5.41) is 3.18. The maximum absolute atomic E-state index is 12.6. The average Bonchev–Trinajstić information content (AvgIpc) is 2.68. The quantitative estimate of drug-likeness (QED) is 0.757. The molecule has 3 saturated heterocycles. The summed E-state index contributed by atoms with van der Waals surface area (Å²) in [6, 6.07) is 13.9. The van der Waals surface area contributed by atoms with Gasteiger partial charge in [0.25, 0.3) is 5.91 Å². The Labute approximate surface area is 171 Å². The maximum Gasteiger partial charge on any atom is 0.251 e. The molecular formula is C21H25N3O4S. The van der Waals surface area contributed by atoms with Crippen molar-refractivity contribution in [3.63, 3.8) is 0 Å². The van der Waals surface area contributed by atoms with E-state index in [2.05, 4.69) is 14.9 Å². The van der Waals surface area contributed by atoms with E-state index in [4.69, 9.17) is 4.74 Å². The summed E-state index contributed by atoms with van der Waals surface area (Å²) in [6.07, 6.45) is 3.41. The zero-order valence-electron chi connectivity index (χ0n) is 16.3. The van der Waals surface area contributed by atoms with Gasteiger partial charge in [-0.1, -0.05) is 6.07 Å². The van der Waals surface area contributed by atoms with E-state index in [1.165, 1.54) is 0 Å². The molecule has 3 aliphatic rings. The lowest BCUT2D eigenvalue weighted by molar-refractivity contribution is 0.0620. The molecule has 154 valence electrons. The van der Waals surface area contributed by atoms with Gasteiger partial charge in [-0.25, -0.2) is 8.42 Å². The van der Waals surface area contributed by atoms with E-state index in [9.17, 15) is 13.2 Å². The van der Waals surface area contributed by atoms with Crippen LogP contribution >= 0.6 is 0 Å². The van der Waals surface area contributed by atoms with Gasteiger partial charge in [0.2, 0.25) is 10.0 Å². The van der Waals surface area contributed by atoms with Crippen molar-refractivity contribution in [1.29, 1.82) is 0 Å². The van der Waals surface area contributed by atoms with Crippen LogP contribution < -0.4 is 14.8 Å². The standard InChI is InChI=1S/C21H25N3O4S/c1-29(26,27)23-17-3-2-4-19(13-17)28-18-7-5-16(6-8-18)21(25)22-20-14-24-11-9-15(20)10-12-24/h2-8,13,15,20,23H,9-12,14H2,1H3,(H,22,25). The van der Waals surface area contributed by atoms with Gasteiger partial charge in [0.05, 0.1) is 11.9 Å². The predicted octanol–water partition coefficient (Wildman–Crippen LogP) is 2.67. The first-order valence-electron chi connectivity index (χ1n) is 9.75. The van der Waals surface area contributed by atoms with Crippen LogP contribution in [0.2, 0.25) is 0 Å². The summed E-state index contributed by atoms with van der Waals surface area (Å²) in [5.41, 5.74) is 1.03. The minimum absolute atomic E-state index is 0.0605. The van der Waals surface area contributed by atoms with Crippen LogP contribution in [0.25, 0.3) is 0 Å². The molecule has 2 aromatic rings. The molecular weight excluding hydrogens is 390 g/mol. The molecule has 3 aliphatic heterocycles. The molecule has 2 bridgehead atoms. The van der Waals surface area contributed by atoms with E-state index < -0.39 is 10.0 Å². The second kappa shape index (κ2) is 8.04. The van der Waals surface area contributed by atoms with Crippen LogP contribution in [0.4, 0.5) is 5.69 Å². The lowest BCUT2D eigenvalue weighted by Gasteiger charge is -2.44. The largest absolute Gasteiger partial charge is 0.457 e. The van der Waals surface area contributed by atoms with Gasteiger partial charge >= 0.3 is 0 Å². The van der Waals surface area contributed by atoms with Gasteiger partial charge in [-0.05, 0) is 68.2 Å². The van der Waals surface area contributed by atoms with Gasteiger partial charge in [-0.15, -0.1) is 0 Å². The first-order chi connectivity index (χ1) is 13.9. The van der Waals surface area contributed by atoms with Crippen LogP contribution in [-0.4, -0.2) is 51.2 Å². The van der Waals surface area contributed by atoms with Crippen molar-refractivity contribution in [3.8, 4) is 11.5 Å². The Kier molecular flexibility index (Phi) is 5.47. The van der Waals surface area contributed by atoms with Gasteiger partial charge in [-0.2, -0.15) is 0 Å². The van der Waals surface area contributed by atoms with Gasteiger partial charge < -0.3 is 15.0 Å². The molecule has 5 rings (SSSR count). The first kappa shape index (κ1) is 19.7. The van der Waals surface area contributed by atoms with Crippen molar-refractivity contribution in [3.05, 3.63) is 54.1 Å². The summed E-state index contributed by atoms with van der Waals surface area (Å²) in [6.45, 7) is 3.23. The molecule has 0 aliphatic carbocycles. The predicted molar refractivity (Wildman–Crippen MR) is 112 cm³/mol. The van der Waals surface area contributed by atoms with E-state index in [-0.39, 0.29) is 11.9 Å². The number of hydrogen-bond acceptors (Lipinski definition) is 5. The van der Waals surface area contributed by atoms with Crippen LogP contribution in [0.5, 0.6) is 11.5 Å². The van der Waals surface area contributed by atoms with Crippen molar-refractivity contribution < 1.29 is 17.9 Å². The molecule has 8 heteroatoms. The van der Waals surface area contributed by atoms with E-state index in [1.807, 2.05) is 0 Å². The maximum atomic E-state index is 12.6. The fourth-order valence-corrected chi connectivity index (χ4v) is 4.58. The number of amides is 1. The zero-order chi connectivity index (χ0) is 20.4. The van der Waals surface area contributed by atoms with Crippen molar-refractivity contribution in [2.75, 3.05) is 30.6 Å². The first-order valence-corrected chi connectivity index (χ1v) is 11.6. The number of hydrogen-bond donors (Lipinski definition) is 2. The number of benzene rings is 2. The number of fused-ring (bicyclic) bond motifs is 3. The Morgan fingerprint density at radius 1 is 1.07 bits per heavy atom. The minimum atomic E-state index is -3.35. The zero-order valence-corrected chi connectivity index (χ0v) is 17.1. The fourth-order valence-electron chi connectivity index (χ4n) is 4.03. The summed E-state index contributed by atoms with van der Waals surface area (Å²) in [5.74, 6) is 1.60. The summed E-state index contributed by atoms with van der Waals surface area (Å²) >= 11 is 0. The Morgan fingerprint density at radius 2 is 1.79 bits per heavy atom. The number of carbonyl (C=O) groups is 1. The molecule has 0 spiro atoms. The highest BCUT2D eigenvalue weighted by Crippen LogP contribution is 2.28. The van der Waals surface area contributed by atoms with Gasteiger partial charge in [-0.3, -0.25) is 9.52 Å². The van der Waals surface area contributed by atoms with E-state index in [1.54, 1.807) is 48.5 Å². The molecule has 0 saturated carbocycles.